The molecule has 2 atom stereocenters. The van der Waals surface area contributed by atoms with E-state index in [2.05, 4.69) is 25.8 Å². The Kier molecular flexibility index (Phi) is 6.67. The molecular weight excluding hydrogens is 472 g/mol. The van der Waals surface area contributed by atoms with Crippen LogP contribution >= 0.6 is 0 Å². The lowest BCUT2D eigenvalue weighted by Gasteiger charge is -2.36. The molecule has 10 nitrogen and oxygen atoms in total. The van der Waals surface area contributed by atoms with Crippen LogP contribution in [0.15, 0.2) is 29.0 Å². The summed E-state index contributed by atoms with van der Waals surface area (Å²) in [5.41, 5.74) is 1.44. The second-order valence-corrected chi connectivity index (χ2v) is 11.3. The highest BCUT2D eigenvalue weighted by molar-refractivity contribution is 5.77. The van der Waals surface area contributed by atoms with E-state index in [1.165, 1.54) is 0 Å². The van der Waals surface area contributed by atoms with E-state index in [-0.39, 0.29) is 18.8 Å². The lowest BCUT2D eigenvalue weighted by molar-refractivity contribution is 0.00413. The monoisotopic (exact) mass is 506 g/mol. The predicted molar refractivity (Wildman–Crippen MR) is 134 cm³/mol. The van der Waals surface area contributed by atoms with Crippen molar-refractivity contribution < 1.29 is 18.8 Å². The number of nitrogens with zero attached hydrogens (tertiary/aromatic N) is 6. The molecule has 1 saturated heterocycles. The summed E-state index contributed by atoms with van der Waals surface area (Å²) in [4.78, 5) is 23.8. The molecule has 10 heteroatoms. The topological polar surface area (TPSA) is 119 Å². The Morgan fingerprint density at radius 3 is 2.97 bits per heavy atom. The molecule has 1 amide bonds. The van der Waals surface area contributed by atoms with E-state index in [9.17, 15) is 10.1 Å². The second-order valence-electron chi connectivity index (χ2n) is 11.3. The standard InChI is InChI=1S/C27H34N6O4/c1-18(2)35-14-23-30-24(37-31-23)26(3,4)15-33-16-27(36-25(33)34)9-5-6-20(11-27)13-32-17-29-21-8-7-19(12-28)10-22(21)32/h7-8,10,17-18,20H,5-6,9,11,13-16H2,1-4H3. The third kappa shape index (κ3) is 5.32. The van der Waals surface area contributed by atoms with E-state index in [0.717, 1.165) is 43.3 Å². The largest absolute Gasteiger partial charge is 0.441 e. The van der Waals surface area contributed by atoms with Crippen LogP contribution in [0.1, 0.15) is 70.7 Å². The number of aromatic nitrogens is 4. The van der Waals surface area contributed by atoms with Crippen molar-refractivity contribution >= 4 is 17.1 Å². The van der Waals surface area contributed by atoms with Gasteiger partial charge in [0.2, 0.25) is 5.89 Å². The van der Waals surface area contributed by atoms with Crippen molar-refractivity contribution in [3.05, 3.63) is 41.8 Å². The highest BCUT2D eigenvalue weighted by atomic mass is 16.6. The summed E-state index contributed by atoms with van der Waals surface area (Å²) in [6.45, 7) is 9.94. The SMILES string of the molecule is CC(C)OCc1noc(C(C)(C)CN2CC3(CCCC(Cn4cnc5ccc(C#N)cc54)C3)OC2=O)n1. The van der Waals surface area contributed by atoms with Crippen LogP contribution < -0.4 is 0 Å². The molecule has 2 aliphatic rings. The van der Waals surface area contributed by atoms with Crippen molar-refractivity contribution in [2.45, 2.75) is 83.6 Å². The Hall–Kier alpha value is -3.45. The Labute approximate surface area is 216 Å². The van der Waals surface area contributed by atoms with Gasteiger partial charge in [0, 0.05) is 13.1 Å². The average Bonchev–Trinajstić information content (AvgIpc) is 3.56. The van der Waals surface area contributed by atoms with Crippen LogP contribution in [-0.4, -0.2) is 55.5 Å². The van der Waals surface area contributed by atoms with Gasteiger partial charge in [0.25, 0.3) is 0 Å². The van der Waals surface area contributed by atoms with Crippen molar-refractivity contribution in [3.63, 3.8) is 0 Å². The molecule has 5 rings (SSSR count). The van der Waals surface area contributed by atoms with Gasteiger partial charge < -0.3 is 23.5 Å². The van der Waals surface area contributed by atoms with Crippen molar-refractivity contribution in [2.24, 2.45) is 5.92 Å². The molecule has 37 heavy (non-hydrogen) atoms. The average molecular weight is 507 g/mol. The molecule has 1 aliphatic carbocycles. The molecule has 3 aromatic rings. The van der Waals surface area contributed by atoms with Crippen LogP contribution in [0.3, 0.4) is 0 Å². The lowest BCUT2D eigenvalue weighted by Crippen LogP contribution is -2.43. The highest BCUT2D eigenvalue weighted by Gasteiger charge is 2.49. The van der Waals surface area contributed by atoms with E-state index in [0.29, 0.717) is 36.3 Å². The maximum absolute atomic E-state index is 13.0. The van der Waals surface area contributed by atoms with Crippen LogP contribution in [0, 0.1) is 17.2 Å². The number of ether oxygens (including phenoxy) is 2. The summed E-state index contributed by atoms with van der Waals surface area (Å²) in [5.74, 6) is 1.33. The maximum atomic E-state index is 13.0. The Bertz CT molecular complexity index is 1320. The first kappa shape index (κ1) is 25.2. The van der Waals surface area contributed by atoms with Crippen LogP contribution in [0.5, 0.6) is 0 Å². The molecule has 1 spiro atoms. The number of nitriles is 1. The second kappa shape index (κ2) is 9.78. The molecule has 0 radical (unpaired) electrons. The number of benzene rings is 1. The predicted octanol–water partition coefficient (Wildman–Crippen LogP) is 4.57. The van der Waals surface area contributed by atoms with Crippen LogP contribution in [0.25, 0.3) is 11.0 Å². The number of carbonyl (C=O) groups is 1. The fourth-order valence-electron chi connectivity index (χ4n) is 5.57. The summed E-state index contributed by atoms with van der Waals surface area (Å²) < 4.78 is 19.3. The van der Waals surface area contributed by atoms with Gasteiger partial charge in [0.15, 0.2) is 5.82 Å². The third-order valence-corrected chi connectivity index (χ3v) is 7.33. The number of imidazole rings is 1. The molecule has 2 aromatic heterocycles. The molecule has 196 valence electrons. The lowest BCUT2D eigenvalue weighted by atomic mass is 9.77. The minimum Gasteiger partial charge on any atom is -0.441 e. The number of amides is 1. The van der Waals surface area contributed by atoms with Crippen molar-refractivity contribution in [3.8, 4) is 6.07 Å². The number of hydrogen-bond donors (Lipinski definition) is 0. The van der Waals surface area contributed by atoms with Crippen molar-refractivity contribution in [2.75, 3.05) is 13.1 Å². The number of hydrogen-bond acceptors (Lipinski definition) is 8. The van der Waals surface area contributed by atoms with E-state index in [4.69, 9.17) is 14.0 Å². The van der Waals surface area contributed by atoms with Gasteiger partial charge in [-0.2, -0.15) is 10.2 Å². The molecule has 0 bridgehead atoms. The molecular formula is C27H34N6O4. The minimum atomic E-state index is -0.532. The van der Waals surface area contributed by atoms with Gasteiger partial charge in [0.1, 0.15) is 12.2 Å². The van der Waals surface area contributed by atoms with Crippen LogP contribution in [0.2, 0.25) is 0 Å². The van der Waals surface area contributed by atoms with Gasteiger partial charge in [-0.1, -0.05) is 5.16 Å². The van der Waals surface area contributed by atoms with Crippen molar-refractivity contribution in [1.29, 1.82) is 5.26 Å². The Morgan fingerprint density at radius 1 is 1.35 bits per heavy atom. The first-order chi connectivity index (χ1) is 17.7. The summed E-state index contributed by atoms with van der Waals surface area (Å²) >= 11 is 0. The maximum Gasteiger partial charge on any atom is 0.410 e. The normalized spacial score (nSPS) is 22.2. The molecule has 0 N–H and O–H groups in total. The van der Waals surface area contributed by atoms with Gasteiger partial charge in [-0.3, -0.25) is 0 Å². The highest BCUT2D eigenvalue weighted by Crippen LogP contribution is 2.41. The van der Waals surface area contributed by atoms with Gasteiger partial charge in [-0.25, -0.2) is 9.78 Å². The van der Waals surface area contributed by atoms with Gasteiger partial charge in [-0.15, -0.1) is 0 Å². The summed E-state index contributed by atoms with van der Waals surface area (Å²) in [6.07, 6.45) is 5.33. The summed E-state index contributed by atoms with van der Waals surface area (Å²) in [5, 5.41) is 13.3. The Balaban J connectivity index is 1.25. The number of rotatable bonds is 8. The van der Waals surface area contributed by atoms with Gasteiger partial charge >= 0.3 is 6.09 Å². The molecule has 3 heterocycles. The van der Waals surface area contributed by atoms with Crippen molar-refractivity contribution in [1.82, 2.24) is 24.6 Å². The first-order valence-corrected chi connectivity index (χ1v) is 12.9. The third-order valence-electron chi connectivity index (χ3n) is 7.33. The van der Waals surface area contributed by atoms with Crippen LogP contribution in [-0.2, 0) is 28.0 Å². The molecule has 1 aliphatic heterocycles. The van der Waals surface area contributed by atoms with Gasteiger partial charge in [0.05, 0.1) is 47.1 Å². The fraction of sp³-hybridized carbons (Fsp3) is 0.593. The van der Waals surface area contributed by atoms with Gasteiger partial charge in [-0.05, 0) is 77.5 Å². The smallest absolute Gasteiger partial charge is 0.410 e. The summed E-state index contributed by atoms with van der Waals surface area (Å²) in [6, 6.07) is 7.77. The molecule has 2 unspecified atom stereocenters. The zero-order valence-electron chi connectivity index (χ0n) is 21.9. The molecule has 2 fully saturated rings. The Morgan fingerprint density at radius 2 is 2.19 bits per heavy atom. The van der Waals surface area contributed by atoms with E-state index in [1.54, 1.807) is 11.0 Å². The molecule has 1 saturated carbocycles. The first-order valence-electron chi connectivity index (χ1n) is 12.9. The number of fused-ring (bicyclic) bond motifs is 1. The van der Waals surface area contributed by atoms with E-state index < -0.39 is 11.0 Å². The van der Waals surface area contributed by atoms with E-state index in [1.807, 2.05) is 46.2 Å². The summed E-state index contributed by atoms with van der Waals surface area (Å²) in [7, 11) is 0. The quantitative estimate of drug-likeness (QED) is 0.436. The zero-order valence-corrected chi connectivity index (χ0v) is 21.9. The number of carbonyl (C=O) groups excluding carboxylic acids is 1. The molecule has 1 aromatic carbocycles. The fourth-order valence-corrected chi connectivity index (χ4v) is 5.57. The minimum absolute atomic E-state index is 0.0763. The zero-order chi connectivity index (χ0) is 26.2. The van der Waals surface area contributed by atoms with E-state index >= 15 is 0 Å². The van der Waals surface area contributed by atoms with Crippen LogP contribution in [0.4, 0.5) is 4.79 Å².